The SMILES string of the molecule is COCCCc1nc(CC(C)O)no1. The van der Waals surface area contributed by atoms with E-state index >= 15 is 0 Å². The molecule has 1 atom stereocenters. The van der Waals surface area contributed by atoms with Gasteiger partial charge in [0.05, 0.1) is 6.10 Å². The molecule has 0 aliphatic rings. The van der Waals surface area contributed by atoms with Crippen LogP contribution in [0.4, 0.5) is 0 Å². The van der Waals surface area contributed by atoms with Gasteiger partial charge in [0.25, 0.3) is 0 Å². The molecule has 5 nitrogen and oxygen atoms in total. The lowest BCUT2D eigenvalue weighted by Crippen LogP contribution is -2.05. The smallest absolute Gasteiger partial charge is 0.226 e. The van der Waals surface area contributed by atoms with Gasteiger partial charge in [-0.2, -0.15) is 4.98 Å². The van der Waals surface area contributed by atoms with Gasteiger partial charge in [-0.15, -0.1) is 0 Å². The Hall–Kier alpha value is -0.940. The van der Waals surface area contributed by atoms with Crippen molar-refractivity contribution >= 4 is 0 Å². The van der Waals surface area contributed by atoms with E-state index in [0.29, 0.717) is 24.7 Å². The molecule has 0 aliphatic carbocycles. The van der Waals surface area contributed by atoms with Crippen molar-refractivity contribution < 1.29 is 14.4 Å². The largest absolute Gasteiger partial charge is 0.393 e. The number of aliphatic hydroxyl groups is 1. The first-order valence-corrected chi connectivity index (χ1v) is 4.71. The fourth-order valence-corrected chi connectivity index (χ4v) is 1.11. The van der Waals surface area contributed by atoms with Crippen molar-refractivity contribution in [1.29, 1.82) is 0 Å². The topological polar surface area (TPSA) is 68.4 Å². The van der Waals surface area contributed by atoms with Crippen LogP contribution in [-0.4, -0.2) is 35.1 Å². The first kappa shape index (κ1) is 11.1. The summed E-state index contributed by atoms with van der Waals surface area (Å²) < 4.78 is 9.89. The van der Waals surface area contributed by atoms with Gasteiger partial charge in [0.1, 0.15) is 0 Å². The molecule has 1 aromatic rings. The molecule has 1 aromatic heterocycles. The summed E-state index contributed by atoms with van der Waals surface area (Å²) in [5.41, 5.74) is 0. The van der Waals surface area contributed by atoms with Crippen molar-refractivity contribution in [3.8, 4) is 0 Å². The zero-order chi connectivity index (χ0) is 10.4. The van der Waals surface area contributed by atoms with Crippen molar-refractivity contribution in [2.24, 2.45) is 0 Å². The highest BCUT2D eigenvalue weighted by Gasteiger charge is 2.07. The molecular formula is C9H16N2O3. The van der Waals surface area contributed by atoms with Crippen LogP contribution >= 0.6 is 0 Å². The molecular weight excluding hydrogens is 184 g/mol. The average molecular weight is 200 g/mol. The van der Waals surface area contributed by atoms with Gasteiger partial charge in [0, 0.05) is 26.6 Å². The predicted molar refractivity (Wildman–Crippen MR) is 49.9 cm³/mol. The zero-order valence-electron chi connectivity index (χ0n) is 8.56. The number of rotatable bonds is 6. The van der Waals surface area contributed by atoms with Crippen LogP contribution in [0.25, 0.3) is 0 Å². The molecule has 1 heterocycles. The maximum absolute atomic E-state index is 9.09. The Morgan fingerprint density at radius 2 is 2.36 bits per heavy atom. The van der Waals surface area contributed by atoms with Crippen LogP contribution in [0.3, 0.4) is 0 Å². The minimum absolute atomic E-state index is 0.431. The van der Waals surface area contributed by atoms with Gasteiger partial charge in [-0.05, 0) is 13.3 Å². The van der Waals surface area contributed by atoms with Gasteiger partial charge in [-0.25, -0.2) is 0 Å². The second-order valence-corrected chi connectivity index (χ2v) is 3.25. The fourth-order valence-electron chi connectivity index (χ4n) is 1.11. The Bertz CT molecular complexity index is 260. The molecule has 0 radical (unpaired) electrons. The number of aromatic nitrogens is 2. The maximum Gasteiger partial charge on any atom is 0.226 e. The van der Waals surface area contributed by atoms with Crippen LogP contribution in [0.1, 0.15) is 25.1 Å². The molecule has 80 valence electrons. The lowest BCUT2D eigenvalue weighted by Gasteiger charge is -1.96. The van der Waals surface area contributed by atoms with Crippen molar-refractivity contribution in [3.63, 3.8) is 0 Å². The van der Waals surface area contributed by atoms with Gasteiger partial charge < -0.3 is 14.4 Å². The highest BCUT2D eigenvalue weighted by atomic mass is 16.5. The third kappa shape index (κ3) is 3.85. The Kier molecular flexibility index (Phi) is 4.55. The van der Waals surface area contributed by atoms with Crippen LogP contribution in [-0.2, 0) is 17.6 Å². The predicted octanol–water partition coefficient (Wildman–Crippen LogP) is 0.572. The lowest BCUT2D eigenvalue weighted by atomic mass is 10.3. The van der Waals surface area contributed by atoms with Crippen LogP contribution in [0.5, 0.6) is 0 Å². The number of nitrogens with zero attached hydrogens (tertiary/aromatic N) is 2. The number of aliphatic hydroxyl groups excluding tert-OH is 1. The number of ether oxygens (including phenoxy) is 1. The first-order valence-electron chi connectivity index (χ1n) is 4.71. The average Bonchev–Trinajstić information content (AvgIpc) is 2.52. The Labute approximate surface area is 83.1 Å². The zero-order valence-corrected chi connectivity index (χ0v) is 8.56. The van der Waals surface area contributed by atoms with Gasteiger partial charge >= 0.3 is 0 Å². The summed E-state index contributed by atoms with van der Waals surface area (Å²) in [7, 11) is 1.66. The molecule has 0 bridgehead atoms. The second kappa shape index (κ2) is 5.72. The fraction of sp³-hybridized carbons (Fsp3) is 0.778. The van der Waals surface area contributed by atoms with E-state index < -0.39 is 6.10 Å². The highest BCUT2D eigenvalue weighted by Crippen LogP contribution is 2.03. The number of aryl methyl sites for hydroxylation is 1. The molecule has 0 amide bonds. The minimum Gasteiger partial charge on any atom is -0.393 e. The van der Waals surface area contributed by atoms with E-state index in [9.17, 15) is 0 Å². The van der Waals surface area contributed by atoms with Gasteiger partial charge in [0.2, 0.25) is 5.89 Å². The van der Waals surface area contributed by atoms with E-state index in [-0.39, 0.29) is 0 Å². The normalized spacial score (nSPS) is 13.1. The lowest BCUT2D eigenvalue weighted by molar-refractivity contribution is 0.190. The summed E-state index contributed by atoms with van der Waals surface area (Å²) in [6.45, 7) is 2.38. The van der Waals surface area contributed by atoms with Gasteiger partial charge in [0.15, 0.2) is 5.82 Å². The van der Waals surface area contributed by atoms with E-state index in [1.807, 2.05) is 0 Å². The summed E-state index contributed by atoms with van der Waals surface area (Å²) in [6.07, 6.45) is 1.60. The molecule has 0 spiro atoms. The van der Waals surface area contributed by atoms with Gasteiger partial charge in [-0.1, -0.05) is 5.16 Å². The number of methoxy groups -OCH3 is 1. The van der Waals surface area contributed by atoms with Crippen LogP contribution in [0.15, 0.2) is 4.52 Å². The summed E-state index contributed by atoms with van der Waals surface area (Å²) in [5, 5.41) is 12.8. The Balaban J connectivity index is 2.35. The van der Waals surface area contributed by atoms with Crippen LogP contribution in [0, 0.1) is 0 Å². The van der Waals surface area contributed by atoms with Crippen LogP contribution in [0.2, 0.25) is 0 Å². The molecule has 0 aromatic carbocycles. The molecule has 1 rings (SSSR count). The van der Waals surface area contributed by atoms with Crippen molar-refractivity contribution in [2.75, 3.05) is 13.7 Å². The molecule has 14 heavy (non-hydrogen) atoms. The van der Waals surface area contributed by atoms with E-state index in [1.54, 1.807) is 14.0 Å². The van der Waals surface area contributed by atoms with E-state index in [4.69, 9.17) is 14.4 Å². The third-order valence-corrected chi connectivity index (χ3v) is 1.73. The summed E-state index contributed by atoms with van der Waals surface area (Å²) in [4.78, 5) is 4.13. The molecule has 1 unspecified atom stereocenters. The first-order chi connectivity index (χ1) is 6.72. The summed E-state index contributed by atoms with van der Waals surface area (Å²) in [6, 6.07) is 0. The second-order valence-electron chi connectivity index (χ2n) is 3.25. The quantitative estimate of drug-likeness (QED) is 0.680. The highest BCUT2D eigenvalue weighted by molar-refractivity contribution is 4.87. The Morgan fingerprint density at radius 1 is 1.57 bits per heavy atom. The molecule has 0 fully saturated rings. The summed E-state index contributed by atoms with van der Waals surface area (Å²) >= 11 is 0. The molecule has 0 aliphatic heterocycles. The van der Waals surface area contributed by atoms with Crippen molar-refractivity contribution in [3.05, 3.63) is 11.7 Å². The summed E-state index contributed by atoms with van der Waals surface area (Å²) in [5.74, 6) is 1.17. The van der Waals surface area contributed by atoms with E-state index in [0.717, 1.165) is 12.8 Å². The number of hydrogen-bond acceptors (Lipinski definition) is 5. The Morgan fingerprint density at radius 3 is 3.00 bits per heavy atom. The molecule has 5 heteroatoms. The van der Waals surface area contributed by atoms with Crippen molar-refractivity contribution in [2.45, 2.75) is 32.3 Å². The van der Waals surface area contributed by atoms with E-state index in [2.05, 4.69) is 10.1 Å². The van der Waals surface area contributed by atoms with Gasteiger partial charge in [-0.3, -0.25) is 0 Å². The standard InChI is InChI=1S/C9H16N2O3/c1-7(12)6-8-10-9(14-11-8)4-3-5-13-2/h7,12H,3-6H2,1-2H3. The minimum atomic E-state index is -0.431. The third-order valence-electron chi connectivity index (χ3n) is 1.73. The molecule has 1 N–H and O–H groups in total. The maximum atomic E-state index is 9.09. The number of hydrogen-bond donors (Lipinski definition) is 1. The molecule has 0 saturated carbocycles. The monoisotopic (exact) mass is 200 g/mol. The molecule has 0 saturated heterocycles. The van der Waals surface area contributed by atoms with Crippen LogP contribution < -0.4 is 0 Å². The van der Waals surface area contributed by atoms with E-state index in [1.165, 1.54) is 0 Å². The van der Waals surface area contributed by atoms with Crippen molar-refractivity contribution in [1.82, 2.24) is 10.1 Å².